The molecular weight excluding hydrogens is 264 g/mol. The number of amides is 1. The molecule has 112 valence electrons. The molecule has 0 bridgehead atoms. The molecule has 21 heavy (non-hydrogen) atoms. The van der Waals surface area contributed by atoms with Crippen molar-refractivity contribution >= 4 is 5.91 Å². The minimum atomic E-state index is 0.0260. The van der Waals surface area contributed by atoms with Crippen molar-refractivity contribution in [3.05, 3.63) is 35.4 Å². The lowest BCUT2D eigenvalue weighted by atomic mass is 9.96. The van der Waals surface area contributed by atoms with E-state index < -0.39 is 0 Å². The summed E-state index contributed by atoms with van der Waals surface area (Å²) in [5.41, 5.74) is 1.71. The molecule has 1 fully saturated rings. The second-order valence-corrected chi connectivity index (χ2v) is 5.42. The maximum Gasteiger partial charge on any atom is 0.226 e. The molecule has 1 unspecified atom stereocenters. The molecule has 1 aliphatic rings. The third kappa shape index (κ3) is 3.62. The van der Waals surface area contributed by atoms with Crippen molar-refractivity contribution in [2.45, 2.75) is 32.7 Å². The molecule has 4 nitrogen and oxygen atoms in total. The Balaban J connectivity index is 2.11. The lowest BCUT2D eigenvalue weighted by molar-refractivity contribution is -0.140. The standard InChI is InChI=1S/C17H22N2O2/c1-3-19(17(20)16-8-10-21-11-9-16)13(2)15-6-4-14(12-18)5-7-15/h4-7,13,16H,3,8-11H2,1-2H3. The molecule has 2 rings (SSSR count). The Kier molecular flexibility index (Phi) is 5.35. The van der Waals surface area contributed by atoms with Crippen molar-refractivity contribution in [3.8, 4) is 6.07 Å². The number of nitrogens with zero attached hydrogens (tertiary/aromatic N) is 2. The van der Waals surface area contributed by atoms with Gasteiger partial charge in [0.15, 0.2) is 0 Å². The monoisotopic (exact) mass is 286 g/mol. The molecule has 0 radical (unpaired) electrons. The van der Waals surface area contributed by atoms with Crippen LogP contribution in [-0.4, -0.2) is 30.6 Å². The fourth-order valence-corrected chi connectivity index (χ4v) is 2.82. The summed E-state index contributed by atoms with van der Waals surface area (Å²) in [4.78, 5) is 14.6. The maximum absolute atomic E-state index is 12.7. The Morgan fingerprint density at radius 3 is 2.52 bits per heavy atom. The zero-order chi connectivity index (χ0) is 15.2. The quantitative estimate of drug-likeness (QED) is 0.855. The van der Waals surface area contributed by atoms with E-state index in [1.807, 2.05) is 30.9 Å². The summed E-state index contributed by atoms with van der Waals surface area (Å²) in [6, 6.07) is 9.62. The molecule has 4 heteroatoms. The summed E-state index contributed by atoms with van der Waals surface area (Å²) < 4.78 is 5.33. The topological polar surface area (TPSA) is 53.3 Å². The van der Waals surface area contributed by atoms with Gasteiger partial charge in [0.1, 0.15) is 0 Å². The number of hydrogen-bond donors (Lipinski definition) is 0. The summed E-state index contributed by atoms with van der Waals surface area (Å²) in [5.74, 6) is 0.303. The minimum Gasteiger partial charge on any atom is -0.381 e. The molecule has 0 aromatic heterocycles. The van der Waals surface area contributed by atoms with Crippen LogP contribution in [-0.2, 0) is 9.53 Å². The van der Waals surface area contributed by atoms with Gasteiger partial charge in [0.25, 0.3) is 0 Å². The predicted octanol–water partition coefficient (Wildman–Crippen LogP) is 2.89. The van der Waals surface area contributed by atoms with Crippen molar-refractivity contribution < 1.29 is 9.53 Å². The van der Waals surface area contributed by atoms with Crippen molar-refractivity contribution in [1.82, 2.24) is 4.90 Å². The second-order valence-electron chi connectivity index (χ2n) is 5.42. The third-order valence-corrected chi connectivity index (χ3v) is 4.18. The van der Waals surface area contributed by atoms with Crippen molar-refractivity contribution in [1.29, 1.82) is 5.26 Å². The zero-order valence-corrected chi connectivity index (χ0v) is 12.7. The molecule has 0 spiro atoms. The average molecular weight is 286 g/mol. The van der Waals surface area contributed by atoms with Crippen LogP contribution < -0.4 is 0 Å². The van der Waals surface area contributed by atoms with Gasteiger partial charge in [-0.3, -0.25) is 4.79 Å². The molecule has 1 amide bonds. The van der Waals surface area contributed by atoms with E-state index in [4.69, 9.17) is 10.00 Å². The molecule has 0 aliphatic carbocycles. The average Bonchev–Trinajstić information content (AvgIpc) is 2.56. The third-order valence-electron chi connectivity index (χ3n) is 4.18. The van der Waals surface area contributed by atoms with Crippen molar-refractivity contribution in [2.24, 2.45) is 5.92 Å². The molecule has 1 aromatic carbocycles. The van der Waals surface area contributed by atoms with Crippen LogP contribution >= 0.6 is 0 Å². The molecule has 1 aliphatic heterocycles. The fraction of sp³-hybridized carbons (Fsp3) is 0.529. The number of benzene rings is 1. The minimum absolute atomic E-state index is 0.0260. The second kappa shape index (κ2) is 7.24. The predicted molar refractivity (Wildman–Crippen MR) is 80.5 cm³/mol. The van der Waals surface area contributed by atoms with E-state index >= 15 is 0 Å². The molecule has 0 saturated carbocycles. The van der Waals surface area contributed by atoms with Crippen LogP contribution in [0.1, 0.15) is 43.9 Å². The van der Waals surface area contributed by atoms with Gasteiger partial charge in [-0.25, -0.2) is 0 Å². The number of rotatable bonds is 4. The number of nitriles is 1. The van der Waals surface area contributed by atoms with E-state index in [2.05, 4.69) is 6.07 Å². The Bertz CT molecular complexity index is 513. The van der Waals surface area contributed by atoms with Crippen molar-refractivity contribution in [3.63, 3.8) is 0 Å². The van der Waals surface area contributed by atoms with Gasteiger partial charge in [-0.1, -0.05) is 12.1 Å². The van der Waals surface area contributed by atoms with Crippen molar-refractivity contribution in [2.75, 3.05) is 19.8 Å². The molecule has 1 heterocycles. The first-order chi connectivity index (χ1) is 10.2. The largest absolute Gasteiger partial charge is 0.381 e. The molecule has 1 atom stereocenters. The molecule has 1 saturated heterocycles. The first-order valence-electron chi connectivity index (χ1n) is 7.55. The highest BCUT2D eigenvalue weighted by molar-refractivity contribution is 5.79. The highest BCUT2D eigenvalue weighted by Gasteiger charge is 2.28. The fourth-order valence-electron chi connectivity index (χ4n) is 2.82. The molecule has 1 aromatic rings. The zero-order valence-electron chi connectivity index (χ0n) is 12.7. The van der Waals surface area contributed by atoms with Gasteiger partial charge in [0, 0.05) is 25.7 Å². The normalized spacial score (nSPS) is 17.0. The smallest absolute Gasteiger partial charge is 0.226 e. The lowest BCUT2D eigenvalue weighted by Crippen LogP contribution is -2.39. The Labute approximate surface area is 126 Å². The van der Waals surface area contributed by atoms with Gasteiger partial charge >= 0.3 is 0 Å². The summed E-state index contributed by atoms with van der Waals surface area (Å²) in [7, 11) is 0. The Morgan fingerprint density at radius 2 is 2.00 bits per heavy atom. The van der Waals surface area contributed by atoms with Crippen LogP contribution in [0.25, 0.3) is 0 Å². The Morgan fingerprint density at radius 1 is 1.38 bits per heavy atom. The maximum atomic E-state index is 12.7. The highest BCUT2D eigenvalue weighted by Crippen LogP contribution is 2.25. The SMILES string of the molecule is CCN(C(=O)C1CCOCC1)C(C)c1ccc(C#N)cc1. The first-order valence-corrected chi connectivity index (χ1v) is 7.55. The first kappa shape index (κ1) is 15.5. The van der Waals surface area contributed by atoms with Crippen LogP contribution in [0, 0.1) is 17.2 Å². The summed E-state index contributed by atoms with van der Waals surface area (Å²) in [5, 5.41) is 8.85. The lowest BCUT2D eigenvalue weighted by Gasteiger charge is -2.33. The van der Waals surface area contributed by atoms with Crippen LogP contribution in [0.2, 0.25) is 0 Å². The Hall–Kier alpha value is -1.86. The van der Waals surface area contributed by atoms with Crippen LogP contribution in [0.5, 0.6) is 0 Å². The van der Waals surface area contributed by atoms with Gasteiger partial charge < -0.3 is 9.64 Å². The number of ether oxygens (including phenoxy) is 1. The van der Waals surface area contributed by atoms with Crippen LogP contribution in [0.15, 0.2) is 24.3 Å². The summed E-state index contributed by atoms with van der Waals surface area (Å²) in [6.45, 7) is 6.11. The van der Waals surface area contributed by atoms with Gasteiger partial charge in [-0.05, 0) is 44.4 Å². The van der Waals surface area contributed by atoms with E-state index in [1.165, 1.54) is 0 Å². The molecular formula is C17H22N2O2. The van der Waals surface area contributed by atoms with E-state index in [0.717, 1.165) is 18.4 Å². The van der Waals surface area contributed by atoms with Gasteiger partial charge in [0.2, 0.25) is 5.91 Å². The van der Waals surface area contributed by atoms with Crippen LogP contribution in [0.3, 0.4) is 0 Å². The number of carbonyl (C=O) groups excluding carboxylic acids is 1. The highest BCUT2D eigenvalue weighted by atomic mass is 16.5. The summed E-state index contributed by atoms with van der Waals surface area (Å²) >= 11 is 0. The summed E-state index contributed by atoms with van der Waals surface area (Å²) in [6.07, 6.45) is 1.63. The van der Waals surface area contributed by atoms with E-state index in [1.54, 1.807) is 12.1 Å². The van der Waals surface area contributed by atoms with Gasteiger partial charge in [0.05, 0.1) is 17.7 Å². The number of hydrogen-bond acceptors (Lipinski definition) is 3. The van der Waals surface area contributed by atoms with Crippen LogP contribution in [0.4, 0.5) is 0 Å². The van der Waals surface area contributed by atoms with E-state index in [-0.39, 0.29) is 17.9 Å². The van der Waals surface area contributed by atoms with E-state index in [9.17, 15) is 4.79 Å². The van der Waals surface area contributed by atoms with E-state index in [0.29, 0.717) is 25.3 Å². The number of carbonyl (C=O) groups is 1. The molecule has 0 N–H and O–H groups in total. The van der Waals surface area contributed by atoms with Gasteiger partial charge in [-0.2, -0.15) is 5.26 Å². The van der Waals surface area contributed by atoms with Gasteiger partial charge in [-0.15, -0.1) is 0 Å².